The van der Waals surface area contributed by atoms with Gasteiger partial charge >= 0.3 is 17.9 Å². The second kappa shape index (κ2) is 12.5. The van der Waals surface area contributed by atoms with E-state index in [1.807, 2.05) is 36.4 Å². The van der Waals surface area contributed by atoms with Gasteiger partial charge in [0.25, 0.3) is 0 Å². The monoisotopic (exact) mass is 492 g/mol. The number of benzene rings is 2. The van der Waals surface area contributed by atoms with E-state index in [2.05, 4.69) is 6.92 Å². The highest BCUT2D eigenvalue weighted by Gasteiger charge is 2.58. The maximum absolute atomic E-state index is 13.7. The molecule has 0 saturated heterocycles. The summed E-state index contributed by atoms with van der Waals surface area (Å²) in [6, 6.07) is 14.6. The summed E-state index contributed by atoms with van der Waals surface area (Å²) in [5.41, 5.74) is 2.49. The number of hydrogen-bond donors (Lipinski definition) is 0. The first-order valence-electron chi connectivity index (χ1n) is 12.9. The van der Waals surface area contributed by atoms with Crippen LogP contribution >= 0.6 is 0 Å². The summed E-state index contributed by atoms with van der Waals surface area (Å²) in [6.07, 6.45) is 4.48. The fourth-order valence-corrected chi connectivity index (χ4v) is 4.93. The van der Waals surface area contributed by atoms with Crippen molar-refractivity contribution in [2.45, 2.75) is 65.2 Å². The third-order valence-corrected chi connectivity index (χ3v) is 6.48. The molecule has 2 aromatic rings. The number of hydrogen-bond acceptors (Lipinski definition) is 6. The number of carbonyl (C=O) groups is 3. The molecule has 0 aliphatic heterocycles. The van der Waals surface area contributed by atoms with Crippen molar-refractivity contribution in [3.8, 4) is 0 Å². The van der Waals surface area contributed by atoms with Crippen molar-refractivity contribution in [1.82, 2.24) is 0 Å². The molecule has 6 heteroatoms. The molecular weight excluding hydrogens is 456 g/mol. The molecule has 0 N–H and O–H groups in total. The molecule has 0 radical (unpaired) electrons. The second-order valence-electron chi connectivity index (χ2n) is 8.70. The highest BCUT2D eigenvalue weighted by molar-refractivity contribution is 6.16. The number of esters is 3. The average Bonchev–Trinajstić information content (AvgIpc) is 3.18. The lowest BCUT2D eigenvalue weighted by atomic mass is 9.75. The van der Waals surface area contributed by atoms with Gasteiger partial charge < -0.3 is 14.2 Å². The summed E-state index contributed by atoms with van der Waals surface area (Å²) >= 11 is 0. The Balaban J connectivity index is 2.27. The van der Waals surface area contributed by atoms with Crippen molar-refractivity contribution in [3.05, 3.63) is 76.4 Å². The fraction of sp³-hybridized carbons (Fsp3) is 0.433. The molecule has 1 aliphatic carbocycles. The van der Waals surface area contributed by atoms with E-state index in [0.29, 0.717) is 29.7 Å². The first-order chi connectivity index (χ1) is 17.5. The Morgan fingerprint density at radius 1 is 0.722 bits per heavy atom. The van der Waals surface area contributed by atoms with Gasteiger partial charge in [-0.1, -0.05) is 62.6 Å². The SMILES string of the molecule is CCCCCCC1=C(c2ccc(C(=O)OCC)cc2)c2ccccc2C1(C(=O)OCC)C(=O)OCC. The lowest BCUT2D eigenvalue weighted by Crippen LogP contribution is -2.46. The largest absolute Gasteiger partial charge is 0.465 e. The van der Waals surface area contributed by atoms with Gasteiger partial charge in [0.05, 0.1) is 25.4 Å². The number of fused-ring (bicyclic) bond motifs is 1. The van der Waals surface area contributed by atoms with Crippen molar-refractivity contribution in [1.29, 1.82) is 0 Å². The van der Waals surface area contributed by atoms with Crippen LogP contribution in [-0.2, 0) is 29.2 Å². The van der Waals surface area contributed by atoms with Gasteiger partial charge in [0.1, 0.15) is 0 Å². The Bertz CT molecular complexity index is 1090. The average molecular weight is 493 g/mol. The fourth-order valence-electron chi connectivity index (χ4n) is 4.93. The van der Waals surface area contributed by atoms with Gasteiger partial charge in [-0.2, -0.15) is 0 Å². The zero-order chi connectivity index (χ0) is 26.1. The van der Waals surface area contributed by atoms with Crippen LogP contribution in [0.1, 0.15) is 86.8 Å². The van der Waals surface area contributed by atoms with Crippen LogP contribution in [0.3, 0.4) is 0 Å². The van der Waals surface area contributed by atoms with Crippen LogP contribution in [0.2, 0.25) is 0 Å². The van der Waals surface area contributed by atoms with E-state index in [1.54, 1.807) is 32.9 Å². The van der Waals surface area contributed by atoms with Crippen molar-refractivity contribution in [2.75, 3.05) is 19.8 Å². The summed E-state index contributed by atoms with van der Waals surface area (Å²) < 4.78 is 16.2. The van der Waals surface area contributed by atoms with E-state index in [-0.39, 0.29) is 13.2 Å². The summed E-state index contributed by atoms with van der Waals surface area (Å²) in [4.78, 5) is 39.7. The molecule has 6 nitrogen and oxygen atoms in total. The Morgan fingerprint density at radius 3 is 1.92 bits per heavy atom. The second-order valence-corrected chi connectivity index (χ2v) is 8.70. The minimum Gasteiger partial charge on any atom is -0.465 e. The molecule has 0 fully saturated rings. The molecule has 0 atom stereocenters. The van der Waals surface area contributed by atoms with E-state index in [4.69, 9.17) is 14.2 Å². The molecule has 0 bridgehead atoms. The summed E-state index contributed by atoms with van der Waals surface area (Å²) in [7, 11) is 0. The first-order valence-corrected chi connectivity index (χ1v) is 12.9. The highest BCUT2D eigenvalue weighted by Crippen LogP contribution is 2.52. The zero-order valence-electron chi connectivity index (χ0n) is 21.7. The van der Waals surface area contributed by atoms with Gasteiger partial charge in [0.2, 0.25) is 5.41 Å². The van der Waals surface area contributed by atoms with Gasteiger partial charge in [-0.05, 0) is 73.6 Å². The molecule has 3 rings (SSSR count). The smallest absolute Gasteiger partial charge is 0.338 e. The molecule has 0 unspecified atom stereocenters. The Morgan fingerprint density at radius 2 is 1.33 bits per heavy atom. The normalized spacial score (nSPS) is 13.8. The van der Waals surface area contributed by atoms with Crippen LogP contribution in [0, 0.1) is 0 Å². The summed E-state index contributed by atoms with van der Waals surface area (Å²) in [6.45, 7) is 7.96. The minimum atomic E-state index is -1.66. The van der Waals surface area contributed by atoms with Crippen LogP contribution < -0.4 is 0 Å². The van der Waals surface area contributed by atoms with Crippen LogP contribution in [0.4, 0.5) is 0 Å². The van der Waals surface area contributed by atoms with Crippen LogP contribution in [0.15, 0.2) is 54.1 Å². The molecule has 36 heavy (non-hydrogen) atoms. The van der Waals surface area contributed by atoms with Crippen molar-refractivity contribution in [3.63, 3.8) is 0 Å². The van der Waals surface area contributed by atoms with E-state index in [0.717, 1.165) is 42.4 Å². The van der Waals surface area contributed by atoms with Crippen LogP contribution in [-0.4, -0.2) is 37.7 Å². The third-order valence-electron chi connectivity index (χ3n) is 6.48. The summed E-state index contributed by atoms with van der Waals surface area (Å²) in [5, 5.41) is 0. The molecule has 0 heterocycles. The van der Waals surface area contributed by atoms with E-state index in [1.165, 1.54) is 0 Å². The van der Waals surface area contributed by atoms with Crippen LogP contribution in [0.25, 0.3) is 5.57 Å². The van der Waals surface area contributed by atoms with E-state index in [9.17, 15) is 14.4 Å². The Labute approximate surface area is 213 Å². The number of rotatable bonds is 12. The lowest BCUT2D eigenvalue weighted by Gasteiger charge is -2.29. The molecule has 2 aromatic carbocycles. The van der Waals surface area contributed by atoms with Crippen LogP contribution in [0.5, 0.6) is 0 Å². The highest BCUT2D eigenvalue weighted by atomic mass is 16.6. The number of carbonyl (C=O) groups excluding carboxylic acids is 3. The molecule has 0 spiro atoms. The Kier molecular flexibility index (Phi) is 9.45. The van der Waals surface area contributed by atoms with E-state index < -0.39 is 23.3 Å². The first kappa shape index (κ1) is 27.2. The zero-order valence-corrected chi connectivity index (χ0v) is 21.7. The topological polar surface area (TPSA) is 78.9 Å². The van der Waals surface area contributed by atoms with Gasteiger partial charge in [0.15, 0.2) is 0 Å². The quantitative estimate of drug-likeness (QED) is 0.156. The molecule has 1 aliphatic rings. The predicted molar refractivity (Wildman–Crippen MR) is 139 cm³/mol. The van der Waals surface area contributed by atoms with Gasteiger partial charge in [-0.25, -0.2) is 4.79 Å². The third kappa shape index (κ3) is 5.08. The Hall–Kier alpha value is -3.41. The maximum Gasteiger partial charge on any atom is 0.338 e. The van der Waals surface area contributed by atoms with Crippen molar-refractivity contribution in [2.24, 2.45) is 0 Å². The van der Waals surface area contributed by atoms with Crippen molar-refractivity contribution < 1.29 is 28.6 Å². The standard InChI is InChI=1S/C30H36O6/c1-5-9-10-11-16-25-26(21-17-19-22(20-18-21)27(31)34-6-2)23-14-12-13-15-24(23)30(25,28(32)35-7-3)29(33)36-8-4/h12-15,17-20H,5-11,16H2,1-4H3. The van der Waals surface area contributed by atoms with Gasteiger partial charge in [0, 0.05) is 0 Å². The molecule has 0 aromatic heterocycles. The van der Waals surface area contributed by atoms with E-state index >= 15 is 0 Å². The molecular formula is C30H36O6. The van der Waals surface area contributed by atoms with Gasteiger partial charge in [-0.3, -0.25) is 9.59 Å². The maximum atomic E-state index is 13.7. The predicted octanol–water partition coefficient (Wildman–Crippen LogP) is 6.01. The van der Waals surface area contributed by atoms with Crippen molar-refractivity contribution >= 4 is 23.5 Å². The number of unbranched alkanes of at least 4 members (excludes halogenated alkanes) is 3. The molecule has 0 saturated carbocycles. The molecule has 192 valence electrons. The lowest BCUT2D eigenvalue weighted by molar-refractivity contribution is -0.162. The number of ether oxygens (including phenoxy) is 3. The minimum absolute atomic E-state index is 0.148. The summed E-state index contributed by atoms with van der Waals surface area (Å²) in [5.74, 6) is -1.61. The molecule has 0 amide bonds. The van der Waals surface area contributed by atoms with Gasteiger partial charge in [-0.15, -0.1) is 0 Å².